The van der Waals surface area contributed by atoms with Crippen LogP contribution < -0.4 is 0 Å². The van der Waals surface area contributed by atoms with Gasteiger partial charge in [0.25, 0.3) is 0 Å². The van der Waals surface area contributed by atoms with Gasteiger partial charge < -0.3 is 9.47 Å². The third-order valence-electron chi connectivity index (χ3n) is 4.56. The number of rotatable bonds is 18. The molecule has 0 aromatic rings. The first-order chi connectivity index (χ1) is 14.1. The number of nitrogens with zero attached hydrogens (tertiary/aromatic N) is 2. The largest absolute Gasteiger partial charge is 0.465 e. The third kappa shape index (κ3) is 14.9. The van der Waals surface area contributed by atoms with E-state index in [9.17, 15) is 9.59 Å². The smallest absolute Gasteiger partial charge is 0.314 e. The summed E-state index contributed by atoms with van der Waals surface area (Å²) in [5.74, 6) is -0.776. The molecule has 0 aliphatic carbocycles. The summed E-state index contributed by atoms with van der Waals surface area (Å²) in [6.45, 7) is 10.1. The average molecular weight is 411 g/mol. The van der Waals surface area contributed by atoms with E-state index in [-0.39, 0.29) is 23.8 Å². The van der Waals surface area contributed by atoms with Crippen molar-refractivity contribution in [2.24, 2.45) is 21.8 Å². The molecule has 6 heteroatoms. The minimum absolute atomic E-state index is 0.168. The maximum atomic E-state index is 11.9. The van der Waals surface area contributed by atoms with Gasteiger partial charge in [-0.25, -0.2) is 0 Å². The van der Waals surface area contributed by atoms with Crippen LogP contribution >= 0.6 is 0 Å². The summed E-state index contributed by atoms with van der Waals surface area (Å²) in [6, 6.07) is 0. The first-order valence-electron chi connectivity index (χ1n) is 11.4. The molecule has 0 spiro atoms. The summed E-state index contributed by atoms with van der Waals surface area (Å²) in [4.78, 5) is 32.7. The molecule has 0 aromatic heterocycles. The SMILES string of the molecule is CCCCC(C=NCCCCCN=CC(CCCC)C(=O)OCC)C(=O)OCC. The molecule has 0 saturated carbocycles. The van der Waals surface area contributed by atoms with E-state index in [4.69, 9.17) is 9.47 Å². The minimum atomic E-state index is -0.220. The van der Waals surface area contributed by atoms with Crippen LogP contribution in [0, 0.1) is 11.8 Å². The second kappa shape index (κ2) is 19.6. The number of esters is 2. The summed E-state index contributed by atoms with van der Waals surface area (Å²) in [7, 11) is 0. The quantitative estimate of drug-likeness (QED) is 0.180. The molecule has 2 atom stereocenters. The van der Waals surface area contributed by atoms with Crippen molar-refractivity contribution in [3.05, 3.63) is 0 Å². The Hall–Kier alpha value is -1.72. The van der Waals surface area contributed by atoms with Crippen LogP contribution in [0.2, 0.25) is 0 Å². The molecule has 0 radical (unpaired) electrons. The Morgan fingerprint density at radius 3 is 1.45 bits per heavy atom. The van der Waals surface area contributed by atoms with E-state index >= 15 is 0 Å². The van der Waals surface area contributed by atoms with Gasteiger partial charge in [0, 0.05) is 25.5 Å². The molecule has 0 saturated heterocycles. The highest BCUT2D eigenvalue weighted by molar-refractivity contribution is 5.90. The summed E-state index contributed by atoms with van der Waals surface area (Å²) < 4.78 is 10.2. The van der Waals surface area contributed by atoms with Crippen LogP contribution in [0.1, 0.15) is 85.5 Å². The van der Waals surface area contributed by atoms with Crippen molar-refractivity contribution in [3.8, 4) is 0 Å². The molecule has 0 heterocycles. The van der Waals surface area contributed by atoms with Crippen LogP contribution in [0.25, 0.3) is 0 Å². The lowest BCUT2D eigenvalue weighted by atomic mass is 10.0. The molecule has 0 N–H and O–H groups in total. The number of hydrogen-bond acceptors (Lipinski definition) is 6. The topological polar surface area (TPSA) is 77.3 Å². The highest BCUT2D eigenvalue weighted by Crippen LogP contribution is 2.10. The second-order valence-electron chi connectivity index (χ2n) is 7.17. The molecule has 0 rings (SSSR count). The first-order valence-corrected chi connectivity index (χ1v) is 11.4. The van der Waals surface area contributed by atoms with Crippen molar-refractivity contribution in [2.75, 3.05) is 26.3 Å². The monoisotopic (exact) mass is 410 g/mol. The second-order valence-corrected chi connectivity index (χ2v) is 7.17. The molecule has 0 fully saturated rings. The lowest BCUT2D eigenvalue weighted by molar-refractivity contribution is -0.146. The Morgan fingerprint density at radius 1 is 0.690 bits per heavy atom. The fourth-order valence-electron chi connectivity index (χ4n) is 2.84. The van der Waals surface area contributed by atoms with Gasteiger partial charge >= 0.3 is 11.9 Å². The zero-order valence-corrected chi connectivity index (χ0v) is 19.0. The number of carbonyl (C=O) groups is 2. The van der Waals surface area contributed by atoms with E-state index in [1.807, 2.05) is 13.8 Å². The first kappa shape index (κ1) is 27.3. The van der Waals surface area contributed by atoms with Crippen LogP contribution in [0.15, 0.2) is 9.98 Å². The molecule has 0 amide bonds. The fraction of sp³-hybridized carbons (Fsp3) is 0.826. The van der Waals surface area contributed by atoms with Gasteiger partial charge in [0.15, 0.2) is 0 Å². The zero-order valence-electron chi connectivity index (χ0n) is 19.0. The van der Waals surface area contributed by atoms with Crippen LogP contribution in [-0.4, -0.2) is 50.7 Å². The number of aliphatic imine (C=N–C) groups is 2. The zero-order chi connectivity index (χ0) is 21.7. The van der Waals surface area contributed by atoms with Gasteiger partial charge in [-0.2, -0.15) is 0 Å². The predicted octanol–water partition coefficient (Wildman–Crippen LogP) is 5.04. The highest BCUT2D eigenvalue weighted by atomic mass is 16.5. The van der Waals surface area contributed by atoms with Gasteiger partial charge in [0.2, 0.25) is 0 Å². The Labute approximate surface area is 177 Å². The highest BCUT2D eigenvalue weighted by Gasteiger charge is 2.17. The Balaban J connectivity index is 4.13. The number of carbonyl (C=O) groups excluding carboxylic acids is 2. The normalized spacial score (nSPS) is 13.7. The third-order valence-corrected chi connectivity index (χ3v) is 4.56. The van der Waals surface area contributed by atoms with Crippen LogP contribution in [0.4, 0.5) is 0 Å². The predicted molar refractivity (Wildman–Crippen MR) is 120 cm³/mol. The van der Waals surface area contributed by atoms with Crippen LogP contribution in [0.3, 0.4) is 0 Å². The maximum Gasteiger partial charge on any atom is 0.314 e. The minimum Gasteiger partial charge on any atom is -0.465 e. The van der Waals surface area contributed by atoms with E-state index in [2.05, 4.69) is 23.8 Å². The molecule has 168 valence electrons. The van der Waals surface area contributed by atoms with E-state index < -0.39 is 0 Å². The van der Waals surface area contributed by atoms with Gasteiger partial charge in [-0.05, 0) is 46.0 Å². The van der Waals surface area contributed by atoms with Gasteiger partial charge in [-0.3, -0.25) is 19.6 Å². The van der Waals surface area contributed by atoms with Gasteiger partial charge in [0.1, 0.15) is 0 Å². The Bertz CT molecular complexity index is 435. The van der Waals surface area contributed by atoms with Crippen LogP contribution in [-0.2, 0) is 19.1 Å². The van der Waals surface area contributed by atoms with Gasteiger partial charge in [-0.1, -0.05) is 39.5 Å². The molecular weight excluding hydrogens is 368 g/mol. The summed E-state index contributed by atoms with van der Waals surface area (Å²) in [6.07, 6.45) is 12.2. The molecule has 2 unspecified atom stereocenters. The summed E-state index contributed by atoms with van der Waals surface area (Å²) in [5.41, 5.74) is 0. The van der Waals surface area contributed by atoms with E-state index in [1.54, 1.807) is 12.4 Å². The molecule has 6 nitrogen and oxygen atoms in total. The molecule has 0 bridgehead atoms. The van der Waals surface area contributed by atoms with E-state index in [0.717, 1.165) is 57.8 Å². The standard InChI is InChI=1S/C23H42N2O4/c1-5-9-14-20(22(26)28-7-3)18-24-16-12-11-13-17-25-19-21(15-10-6-2)23(27)29-8-4/h18-21H,5-17H2,1-4H3. The molecular formula is C23H42N2O4. The van der Waals surface area contributed by atoms with Gasteiger partial charge in [0.05, 0.1) is 25.0 Å². The summed E-state index contributed by atoms with van der Waals surface area (Å²) >= 11 is 0. The Morgan fingerprint density at radius 2 is 1.10 bits per heavy atom. The molecule has 29 heavy (non-hydrogen) atoms. The van der Waals surface area contributed by atoms with Crippen molar-refractivity contribution >= 4 is 24.4 Å². The van der Waals surface area contributed by atoms with Crippen LogP contribution in [0.5, 0.6) is 0 Å². The average Bonchev–Trinajstić information content (AvgIpc) is 2.71. The fourth-order valence-corrected chi connectivity index (χ4v) is 2.84. The Kier molecular flexibility index (Phi) is 18.4. The summed E-state index contributed by atoms with van der Waals surface area (Å²) in [5, 5.41) is 0. The number of hydrogen-bond donors (Lipinski definition) is 0. The molecule has 0 aromatic carbocycles. The van der Waals surface area contributed by atoms with E-state index in [0.29, 0.717) is 26.3 Å². The molecule has 0 aliphatic heterocycles. The van der Waals surface area contributed by atoms with E-state index in [1.165, 1.54) is 0 Å². The van der Waals surface area contributed by atoms with Crippen molar-refractivity contribution in [1.29, 1.82) is 0 Å². The maximum absolute atomic E-state index is 11.9. The van der Waals surface area contributed by atoms with Gasteiger partial charge in [-0.15, -0.1) is 0 Å². The molecule has 0 aliphatic rings. The van der Waals surface area contributed by atoms with Crippen molar-refractivity contribution in [3.63, 3.8) is 0 Å². The number of unbranched alkanes of at least 4 members (excludes halogenated alkanes) is 4. The van der Waals surface area contributed by atoms with Crippen molar-refractivity contribution in [1.82, 2.24) is 0 Å². The number of ether oxygens (including phenoxy) is 2. The van der Waals surface area contributed by atoms with Crippen molar-refractivity contribution in [2.45, 2.75) is 85.5 Å². The van der Waals surface area contributed by atoms with Crippen molar-refractivity contribution < 1.29 is 19.1 Å². The lowest BCUT2D eigenvalue weighted by Crippen LogP contribution is -2.19. The lowest BCUT2D eigenvalue weighted by Gasteiger charge is -2.10.